The Morgan fingerprint density at radius 3 is 1.32 bits per heavy atom. The lowest BCUT2D eigenvalue weighted by Crippen LogP contribution is -2.09. The third-order valence-corrected chi connectivity index (χ3v) is 6.48. The molecule has 0 radical (unpaired) electrons. The van der Waals surface area contributed by atoms with Crippen molar-refractivity contribution in [2.75, 3.05) is 13.2 Å². The van der Waals surface area contributed by atoms with Gasteiger partial charge in [-0.1, -0.05) is 80.1 Å². The zero-order valence-electron chi connectivity index (χ0n) is 22.7. The molecule has 34 heavy (non-hydrogen) atoms. The zero-order chi connectivity index (χ0) is 25.3. The van der Waals surface area contributed by atoms with Gasteiger partial charge in [0.15, 0.2) is 0 Å². The van der Waals surface area contributed by atoms with Crippen LogP contribution in [0, 0.1) is 46.3 Å². The second-order valence-electron chi connectivity index (χ2n) is 10.9. The number of hydrogen-bond donors (Lipinski definition) is 0. The molecule has 1 rings (SSSR count). The van der Waals surface area contributed by atoms with Crippen molar-refractivity contribution in [1.82, 2.24) is 0 Å². The van der Waals surface area contributed by atoms with Gasteiger partial charge in [-0.25, -0.2) is 0 Å². The summed E-state index contributed by atoms with van der Waals surface area (Å²) in [4.78, 5) is 0. The first-order chi connectivity index (χ1) is 16.3. The average Bonchev–Trinajstić information content (AvgIpc) is 2.76. The summed E-state index contributed by atoms with van der Waals surface area (Å²) < 4.78 is 12.2. The summed E-state index contributed by atoms with van der Waals surface area (Å²) in [5.74, 6) is 4.17. The molecule has 0 aromatic heterocycles. The Balaban J connectivity index is 2.71. The van der Waals surface area contributed by atoms with Crippen LogP contribution in [0.4, 0.5) is 0 Å². The van der Waals surface area contributed by atoms with E-state index in [4.69, 9.17) is 9.47 Å². The Kier molecular flexibility index (Phi) is 15.1. The lowest BCUT2D eigenvalue weighted by molar-refractivity contribution is 0.266. The standard InChI is InChI=1S/C30H48N2O2/c1-23(2)9-7-11-25(5)15-19-33-29-21-28(14-18-32)30(22-27(29)13-17-31)34-20-16-26(6)12-8-10-24(3)4/h21-26H,7-16,19-20H2,1-6H3. The van der Waals surface area contributed by atoms with E-state index >= 15 is 0 Å². The van der Waals surface area contributed by atoms with Crippen LogP contribution in [-0.4, -0.2) is 13.2 Å². The summed E-state index contributed by atoms with van der Waals surface area (Å²) >= 11 is 0. The van der Waals surface area contributed by atoms with Crippen LogP contribution in [0.5, 0.6) is 11.5 Å². The fourth-order valence-electron chi connectivity index (χ4n) is 4.14. The maximum Gasteiger partial charge on any atom is 0.124 e. The molecule has 2 unspecified atom stereocenters. The Labute approximate surface area is 209 Å². The van der Waals surface area contributed by atoms with Crippen molar-refractivity contribution < 1.29 is 9.47 Å². The monoisotopic (exact) mass is 468 g/mol. The summed E-state index contributed by atoms with van der Waals surface area (Å²) in [6.45, 7) is 14.9. The van der Waals surface area contributed by atoms with E-state index in [1.807, 2.05) is 12.1 Å². The van der Waals surface area contributed by atoms with Gasteiger partial charge in [-0.05, 0) is 48.6 Å². The molecule has 0 N–H and O–H groups in total. The molecule has 0 aliphatic heterocycles. The number of nitriles is 2. The molecule has 0 bridgehead atoms. The van der Waals surface area contributed by atoms with Gasteiger partial charge in [0.05, 0.1) is 38.2 Å². The normalized spacial score (nSPS) is 12.9. The lowest BCUT2D eigenvalue weighted by Gasteiger charge is -2.18. The Bertz CT molecular complexity index is 707. The predicted octanol–water partition coefficient (Wildman–Crippen LogP) is 8.28. The first-order valence-corrected chi connectivity index (χ1v) is 13.4. The van der Waals surface area contributed by atoms with Crippen LogP contribution in [-0.2, 0) is 12.8 Å². The largest absolute Gasteiger partial charge is 0.493 e. The second-order valence-corrected chi connectivity index (χ2v) is 10.9. The van der Waals surface area contributed by atoms with Crippen molar-refractivity contribution in [2.45, 2.75) is 106 Å². The van der Waals surface area contributed by atoms with Gasteiger partial charge in [0.25, 0.3) is 0 Å². The summed E-state index contributed by atoms with van der Waals surface area (Å²) in [6.07, 6.45) is 10.0. The van der Waals surface area contributed by atoms with E-state index in [9.17, 15) is 10.5 Å². The molecular weight excluding hydrogens is 420 g/mol. The van der Waals surface area contributed by atoms with Crippen molar-refractivity contribution in [3.05, 3.63) is 23.3 Å². The van der Waals surface area contributed by atoms with Crippen molar-refractivity contribution in [1.29, 1.82) is 10.5 Å². The van der Waals surface area contributed by atoms with Crippen LogP contribution < -0.4 is 9.47 Å². The molecule has 4 nitrogen and oxygen atoms in total. The van der Waals surface area contributed by atoms with E-state index < -0.39 is 0 Å². The molecule has 0 saturated carbocycles. The highest BCUT2D eigenvalue weighted by molar-refractivity contribution is 5.48. The maximum absolute atomic E-state index is 9.33. The van der Waals surface area contributed by atoms with E-state index in [1.54, 1.807) is 0 Å². The molecule has 1 aromatic rings. The third-order valence-electron chi connectivity index (χ3n) is 6.48. The van der Waals surface area contributed by atoms with Gasteiger partial charge < -0.3 is 9.47 Å². The van der Waals surface area contributed by atoms with Crippen molar-refractivity contribution in [3.63, 3.8) is 0 Å². The molecule has 0 heterocycles. The number of ether oxygens (including phenoxy) is 2. The average molecular weight is 469 g/mol. The van der Waals surface area contributed by atoms with Gasteiger partial charge in [-0.15, -0.1) is 0 Å². The quantitative estimate of drug-likeness (QED) is 0.217. The van der Waals surface area contributed by atoms with Crippen LogP contribution in [0.25, 0.3) is 0 Å². The molecule has 0 amide bonds. The highest BCUT2D eigenvalue weighted by Gasteiger charge is 2.14. The number of hydrogen-bond acceptors (Lipinski definition) is 4. The fourth-order valence-corrected chi connectivity index (χ4v) is 4.14. The summed E-state index contributed by atoms with van der Waals surface area (Å²) in [7, 11) is 0. The first-order valence-electron chi connectivity index (χ1n) is 13.4. The van der Waals surface area contributed by atoms with Crippen molar-refractivity contribution in [3.8, 4) is 23.6 Å². The molecule has 0 fully saturated rings. The first kappa shape index (κ1) is 29.8. The minimum Gasteiger partial charge on any atom is -0.493 e. The number of rotatable bonds is 18. The van der Waals surface area contributed by atoms with Crippen molar-refractivity contribution in [2.24, 2.45) is 23.7 Å². The highest BCUT2D eigenvalue weighted by atomic mass is 16.5. The summed E-state index contributed by atoms with van der Waals surface area (Å²) in [5, 5.41) is 18.7. The topological polar surface area (TPSA) is 66.0 Å². The Morgan fingerprint density at radius 1 is 0.618 bits per heavy atom. The second kappa shape index (κ2) is 17.3. The molecule has 190 valence electrons. The van der Waals surface area contributed by atoms with Gasteiger partial charge in [0.1, 0.15) is 11.5 Å². The van der Waals surface area contributed by atoms with Gasteiger partial charge >= 0.3 is 0 Å². The van der Waals surface area contributed by atoms with Gasteiger partial charge in [-0.3, -0.25) is 0 Å². The van der Waals surface area contributed by atoms with Crippen LogP contribution in [0.3, 0.4) is 0 Å². The minimum atomic E-state index is 0.272. The molecule has 0 aliphatic rings. The highest BCUT2D eigenvalue weighted by Crippen LogP contribution is 2.31. The van der Waals surface area contributed by atoms with E-state index in [1.165, 1.54) is 38.5 Å². The summed E-state index contributed by atoms with van der Waals surface area (Å²) in [5.41, 5.74) is 1.69. The molecule has 0 aliphatic carbocycles. The SMILES string of the molecule is CC(C)CCCC(C)CCOc1cc(CC#N)c(OCCC(C)CCCC(C)C)cc1CC#N. The van der Waals surface area contributed by atoms with Gasteiger partial charge in [0, 0.05) is 11.1 Å². The molecule has 0 saturated heterocycles. The molecule has 1 aromatic carbocycles. The van der Waals surface area contributed by atoms with Gasteiger partial charge in [-0.2, -0.15) is 10.5 Å². The summed E-state index contributed by atoms with van der Waals surface area (Å²) in [6, 6.07) is 8.33. The molecule has 0 spiro atoms. The van der Waals surface area contributed by atoms with Crippen LogP contribution in [0.2, 0.25) is 0 Å². The number of nitrogens with zero attached hydrogens (tertiary/aromatic N) is 2. The smallest absolute Gasteiger partial charge is 0.124 e. The van der Waals surface area contributed by atoms with E-state index in [0.717, 1.165) is 47.3 Å². The molecule has 4 heteroatoms. The minimum absolute atomic E-state index is 0.272. The lowest BCUT2D eigenvalue weighted by atomic mass is 9.97. The van der Waals surface area contributed by atoms with E-state index in [2.05, 4.69) is 53.7 Å². The number of benzene rings is 1. The zero-order valence-corrected chi connectivity index (χ0v) is 22.7. The third kappa shape index (κ3) is 12.9. The van der Waals surface area contributed by atoms with Crippen LogP contribution in [0.1, 0.15) is 104 Å². The fraction of sp³-hybridized carbons (Fsp3) is 0.733. The molecular formula is C30H48N2O2. The predicted molar refractivity (Wildman–Crippen MR) is 141 cm³/mol. The molecule has 2 atom stereocenters. The van der Waals surface area contributed by atoms with E-state index in [-0.39, 0.29) is 12.8 Å². The van der Waals surface area contributed by atoms with Gasteiger partial charge in [0.2, 0.25) is 0 Å². The Hall–Kier alpha value is -2.20. The van der Waals surface area contributed by atoms with Crippen LogP contribution in [0.15, 0.2) is 12.1 Å². The Morgan fingerprint density at radius 2 is 1.00 bits per heavy atom. The van der Waals surface area contributed by atoms with Crippen molar-refractivity contribution >= 4 is 0 Å². The van der Waals surface area contributed by atoms with E-state index in [0.29, 0.717) is 25.0 Å². The van der Waals surface area contributed by atoms with Crippen LogP contribution >= 0.6 is 0 Å². The maximum atomic E-state index is 9.33.